The molecule has 1 saturated heterocycles. The first-order chi connectivity index (χ1) is 62.5. The van der Waals surface area contributed by atoms with Crippen LogP contribution in [-0.2, 0) is 20.1 Å². The maximum absolute atomic E-state index is 7.48. The normalized spacial score (nSPS) is 14.0. The van der Waals surface area contributed by atoms with Gasteiger partial charge in [0.15, 0.2) is 23.0 Å². The van der Waals surface area contributed by atoms with Crippen LogP contribution < -0.4 is 14.9 Å². The van der Waals surface area contributed by atoms with Crippen LogP contribution in [0.1, 0.15) is 83.3 Å². The number of hydrogen-bond donors (Lipinski definition) is 0. The summed E-state index contributed by atoms with van der Waals surface area (Å²) in [6.07, 6.45) is 0. The van der Waals surface area contributed by atoms with Gasteiger partial charge < -0.3 is 18.8 Å². The zero-order chi connectivity index (χ0) is 87.0. The van der Waals surface area contributed by atoms with Gasteiger partial charge in [0.2, 0.25) is 0 Å². The lowest BCUT2D eigenvalue weighted by Gasteiger charge is -2.39. The van der Waals surface area contributed by atoms with Gasteiger partial charge in [-0.2, -0.15) is 0 Å². The van der Waals surface area contributed by atoms with E-state index in [1.807, 2.05) is 133 Å². The summed E-state index contributed by atoms with van der Waals surface area (Å²) in [7, 11) is -0.384. The summed E-state index contributed by atoms with van der Waals surface area (Å²) in [4.78, 5) is 27.4. The lowest BCUT2D eigenvalue weighted by atomic mass is 9.65. The number of nitrogens with zero attached hydrogens (tertiary/aromatic N) is 6. The fraction of sp³-hybridized carbons (Fsp3) is 0.0862. The third-order valence-corrected chi connectivity index (χ3v) is 26.6. The van der Waals surface area contributed by atoms with Crippen LogP contribution in [0.5, 0.6) is 23.0 Å². The van der Waals surface area contributed by atoms with E-state index in [9.17, 15) is 0 Å². The number of fused-ring (bicyclic) bond motifs is 18. The molecule has 0 N–H and O–H groups in total. The first-order valence-corrected chi connectivity index (χ1v) is 43.8. The minimum absolute atomic E-state index is 0.366. The van der Waals surface area contributed by atoms with Gasteiger partial charge in [0.05, 0.1) is 58.0 Å². The number of rotatable bonds is 10. The zero-order valence-corrected chi connectivity index (χ0v) is 72.8. The van der Waals surface area contributed by atoms with Crippen molar-refractivity contribution in [3.8, 4) is 146 Å². The maximum Gasteiger partial charge on any atom is 0.494 e. The first kappa shape index (κ1) is 79.9. The Labute approximate surface area is 754 Å². The van der Waals surface area contributed by atoms with E-state index in [4.69, 9.17) is 51.9 Å². The molecule has 18 aromatic rings. The number of hydrogen-bond acceptors (Lipinski definition) is 8. The van der Waals surface area contributed by atoms with Crippen molar-refractivity contribution >= 4 is 39.9 Å². The Balaban J connectivity index is 0.000000124. The highest BCUT2D eigenvalue weighted by Gasteiger charge is 2.54. The quantitative estimate of drug-likeness (QED) is 0.0987. The van der Waals surface area contributed by atoms with Gasteiger partial charge in [-0.1, -0.05) is 350 Å². The molecule has 12 heteroatoms. The number of ether oxygens (including phenoxy) is 2. The number of para-hydroxylation sites is 4. The molecule has 0 bridgehead atoms. The van der Waals surface area contributed by atoms with Gasteiger partial charge in [0, 0.05) is 71.2 Å². The highest BCUT2D eigenvalue weighted by molar-refractivity contribution is 9.10. The number of benzene rings is 16. The predicted octanol–water partition coefficient (Wildman–Crippen LogP) is 29.4. The molecule has 2 spiro atoms. The van der Waals surface area contributed by atoms with Crippen LogP contribution in [0.2, 0.25) is 0 Å². The third-order valence-electron chi connectivity index (χ3n) is 26.2. The van der Waals surface area contributed by atoms with Crippen molar-refractivity contribution in [2.24, 2.45) is 0 Å². The van der Waals surface area contributed by atoms with Gasteiger partial charge in [-0.15, -0.1) is 0 Å². The Morgan fingerprint density at radius 3 is 0.852 bits per heavy atom. The standard InChI is InChI=1S/C55H35N3O.C32H18BrNO.C29H29BN2O2/c1-35-52(38-13-5-3-6-14-38)57-54(40-15-7-4-8-16-40)58-53(35)39-23-21-36(22-24-39)41-27-31-44-45-32-28-42(37-25-29-43(56-2)30-26-37)34-49(45)55(48(44)33-41)46-17-9-11-19-50(46)59-51-20-12-10-18-47(51)55;1-34-23-14-10-20(11-15-23)21-12-16-24-25-17-13-22(33)19-29(25)32(28(24)18-21)26-6-2-4-8-30(26)35-31-9-5-3-7-27(31)32;1-20-25(21-12-8-6-9-13-21)31-27(23-14-10-7-11-15-23)32-26(20)22-16-18-24(19-17-22)30-33-28(2,3)29(4,5)34-30/h3-34H,1H3;2-19H;6-19H,1-5H3. The van der Waals surface area contributed by atoms with Crippen molar-refractivity contribution in [2.75, 3.05) is 0 Å². The topological polar surface area (TPSA) is 97.2 Å². The van der Waals surface area contributed by atoms with Crippen LogP contribution in [0, 0.1) is 27.0 Å². The SMILES string of the molecule is Cc1c(-c2ccccc2)nc(-c2ccccc2)nc1-c1ccc(B2OC(C)(C)C(C)(C)O2)cc1.[C-]#[N+]c1ccc(-c2ccc3c(c2)C2(c4ccccc4Oc4ccccc42)c2cc(-c4ccc(-c5nc(-c6ccccc6)nc(-c6ccccc6)c5C)cc4)ccc2-3)cc1.[C-]#[N+]c1ccc(-c2ccc3c(c2)C2(c4ccccc4Oc4ccccc42)c2cc(Br)ccc2-3)cc1. The molecule has 0 unspecified atom stereocenters. The molecule has 0 atom stereocenters. The lowest BCUT2D eigenvalue weighted by Crippen LogP contribution is -2.41. The highest BCUT2D eigenvalue weighted by Crippen LogP contribution is 2.65. The van der Waals surface area contributed by atoms with E-state index in [0.29, 0.717) is 17.2 Å². The summed E-state index contributed by atoms with van der Waals surface area (Å²) >= 11 is 3.75. The number of halogens is 1. The lowest BCUT2D eigenvalue weighted by molar-refractivity contribution is 0.00578. The summed E-state index contributed by atoms with van der Waals surface area (Å²) in [5.41, 5.74) is 33.5. The summed E-state index contributed by atoms with van der Waals surface area (Å²) in [5.74, 6) is 4.91. The van der Waals surface area contributed by atoms with Crippen LogP contribution in [0.4, 0.5) is 11.4 Å². The first-order valence-electron chi connectivity index (χ1n) is 43.0. The molecule has 1 fully saturated rings. The number of aromatic nitrogens is 4. The Kier molecular flexibility index (Phi) is 20.2. The Bertz CT molecular complexity index is 7380. The molecule has 610 valence electrons. The molecule has 3 aliphatic heterocycles. The van der Waals surface area contributed by atoms with Gasteiger partial charge in [-0.05, 0) is 179 Å². The van der Waals surface area contributed by atoms with E-state index in [1.54, 1.807) is 0 Å². The van der Waals surface area contributed by atoms with Gasteiger partial charge in [-0.25, -0.2) is 29.6 Å². The summed E-state index contributed by atoms with van der Waals surface area (Å²) < 4.78 is 26.6. The van der Waals surface area contributed by atoms with Gasteiger partial charge in [0.1, 0.15) is 23.0 Å². The molecule has 16 aromatic carbocycles. The van der Waals surface area contributed by atoms with Crippen molar-refractivity contribution in [2.45, 2.75) is 63.6 Å². The van der Waals surface area contributed by atoms with Crippen LogP contribution in [0.15, 0.2) is 393 Å². The molecule has 0 radical (unpaired) electrons. The van der Waals surface area contributed by atoms with E-state index >= 15 is 0 Å². The van der Waals surface area contributed by atoms with Crippen LogP contribution >= 0.6 is 15.9 Å². The van der Waals surface area contributed by atoms with E-state index in [-0.39, 0.29) is 18.3 Å². The summed E-state index contributed by atoms with van der Waals surface area (Å²) in [5, 5.41) is 0. The van der Waals surface area contributed by atoms with Crippen molar-refractivity contribution in [3.05, 3.63) is 471 Å². The summed E-state index contributed by atoms with van der Waals surface area (Å²) in [6.45, 7) is 27.3. The Hall–Kier alpha value is -15.3. The maximum atomic E-state index is 7.48. The minimum Gasteiger partial charge on any atom is -0.457 e. The van der Waals surface area contributed by atoms with E-state index in [1.165, 1.54) is 44.5 Å². The van der Waals surface area contributed by atoms with E-state index in [2.05, 4.69) is 322 Å². The summed E-state index contributed by atoms with van der Waals surface area (Å²) in [6, 6.07) is 135. The molecule has 5 aliphatic rings. The van der Waals surface area contributed by atoms with Crippen molar-refractivity contribution in [1.29, 1.82) is 0 Å². The fourth-order valence-electron chi connectivity index (χ4n) is 19.1. The third kappa shape index (κ3) is 13.7. The molecule has 0 amide bonds. The van der Waals surface area contributed by atoms with Crippen molar-refractivity contribution in [1.82, 2.24) is 19.9 Å². The smallest absolute Gasteiger partial charge is 0.457 e. The molecule has 5 heterocycles. The van der Waals surface area contributed by atoms with Gasteiger partial charge in [-0.3, -0.25) is 0 Å². The molecule has 2 aromatic heterocycles. The monoisotopic (exact) mass is 1710 g/mol. The second kappa shape index (κ2) is 32.4. The van der Waals surface area contributed by atoms with Crippen LogP contribution in [0.3, 0.4) is 0 Å². The van der Waals surface area contributed by atoms with Gasteiger partial charge >= 0.3 is 7.12 Å². The predicted molar refractivity (Wildman–Crippen MR) is 520 cm³/mol. The Morgan fingerprint density at radius 1 is 0.266 bits per heavy atom. The highest BCUT2D eigenvalue weighted by atomic mass is 79.9. The molecule has 23 rings (SSSR count). The molecule has 2 aliphatic carbocycles. The van der Waals surface area contributed by atoms with E-state index < -0.39 is 10.8 Å². The molecular weight excluding hydrogens is 1630 g/mol. The van der Waals surface area contributed by atoms with Crippen molar-refractivity contribution < 1.29 is 18.8 Å². The molecule has 0 saturated carbocycles. The second-order valence-corrected chi connectivity index (χ2v) is 34.9. The van der Waals surface area contributed by atoms with E-state index in [0.717, 1.165) is 162 Å². The van der Waals surface area contributed by atoms with Crippen LogP contribution in [0.25, 0.3) is 133 Å². The Morgan fingerprint density at radius 2 is 0.523 bits per heavy atom. The second-order valence-electron chi connectivity index (χ2n) is 34.0. The van der Waals surface area contributed by atoms with Crippen molar-refractivity contribution in [3.63, 3.8) is 0 Å². The zero-order valence-electron chi connectivity index (χ0n) is 71.2. The average Bonchev–Trinajstić information content (AvgIpc) is 1.51. The molecular formula is C116H82BBrN6O4. The largest absolute Gasteiger partial charge is 0.494 e. The molecule has 128 heavy (non-hydrogen) atoms. The fourth-order valence-corrected chi connectivity index (χ4v) is 19.5. The van der Waals surface area contributed by atoms with Gasteiger partial charge in [0.25, 0.3) is 0 Å². The minimum atomic E-state index is -0.627. The van der Waals surface area contributed by atoms with Crippen LogP contribution in [-0.4, -0.2) is 38.3 Å². The average molecular weight is 1710 g/mol. The molecule has 10 nitrogen and oxygen atoms in total.